The highest BCUT2D eigenvalue weighted by molar-refractivity contribution is 9.10. The van der Waals surface area contributed by atoms with Crippen molar-refractivity contribution in [3.63, 3.8) is 0 Å². The maximum Gasteiger partial charge on any atom is 0.126 e. The highest BCUT2D eigenvalue weighted by Gasteiger charge is 2.28. The average Bonchev–Trinajstić information content (AvgIpc) is 2.75. The Labute approximate surface area is 183 Å². The summed E-state index contributed by atoms with van der Waals surface area (Å²) in [5, 5.41) is 14.6. The van der Waals surface area contributed by atoms with Gasteiger partial charge in [0.25, 0.3) is 0 Å². The van der Waals surface area contributed by atoms with Crippen LogP contribution < -0.4 is 10.1 Å². The molecule has 0 bridgehead atoms. The molecule has 0 amide bonds. The zero-order chi connectivity index (χ0) is 20.4. The van der Waals surface area contributed by atoms with Gasteiger partial charge in [-0.25, -0.2) is 0 Å². The third-order valence-electron chi connectivity index (χ3n) is 5.00. The van der Waals surface area contributed by atoms with Crippen LogP contribution in [0, 0.1) is 0 Å². The minimum absolute atomic E-state index is 0.138. The molecule has 0 aliphatic carbocycles. The first-order chi connectivity index (χ1) is 14.0. The fourth-order valence-corrected chi connectivity index (χ4v) is 3.95. The van der Waals surface area contributed by atoms with Gasteiger partial charge < -0.3 is 9.84 Å². The number of phenolic OH excluding ortho intramolecular Hbond substituents is 1. The largest absolute Gasteiger partial charge is 0.508 e. The summed E-state index contributed by atoms with van der Waals surface area (Å²) >= 11 is 9.69. The summed E-state index contributed by atoms with van der Waals surface area (Å²) < 4.78 is 6.40. The van der Waals surface area contributed by atoms with E-state index in [2.05, 4.69) is 21.2 Å². The topological polar surface area (TPSA) is 53.8 Å². The average molecular weight is 472 g/mol. The number of rotatable bonds is 4. The van der Waals surface area contributed by atoms with E-state index >= 15 is 0 Å². The molecule has 3 aromatic carbocycles. The lowest BCUT2D eigenvalue weighted by molar-refractivity contribution is 0.411. The molecule has 0 saturated heterocycles. The summed E-state index contributed by atoms with van der Waals surface area (Å²) in [6, 6.07) is 20.9. The number of aliphatic imine (C=N–C) groups is 1. The highest BCUT2D eigenvalue weighted by Crippen LogP contribution is 2.36. The molecule has 0 saturated carbocycles. The lowest BCUT2D eigenvalue weighted by Gasteiger charge is -2.31. The van der Waals surface area contributed by atoms with E-state index in [0.717, 1.165) is 32.6 Å². The SMILES string of the molecule is COc1cccc(C2=N[C@@H](c3ccc(Br)cc3)N[C@H](c3cc(Cl)ccc3O)C2)c1. The number of phenols is 1. The summed E-state index contributed by atoms with van der Waals surface area (Å²) in [5.41, 5.74) is 3.74. The van der Waals surface area contributed by atoms with Crippen LogP contribution in [0.25, 0.3) is 0 Å². The third-order valence-corrected chi connectivity index (χ3v) is 5.76. The van der Waals surface area contributed by atoms with Crippen molar-refractivity contribution in [1.82, 2.24) is 5.32 Å². The van der Waals surface area contributed by atoms with Crippen LogP contribution in [0.3, 0.4) is 0 Å². The zero-order valence-corrected chi connectivity index (χ0v) is 18.1. The van der Waals surface area contributed by atoms with Crippen LogP contribution in [0.15, 0.2) is 76.2 Å². The van der Waals surface area contributed by atoms with Crippen molar-refractivity contribution in [2.45, 2.75) is 18.6 Å². The minimum Gasteiger partial charge on any atom is -0.508 e. The molecule has 4 rings (SSSR count). The predicted molar refractivity (Wildman–Crippen MR) is 120 cm³/mol. The van der Waals surface area contributed by atoms with E-state index in [4.69, 9.17) is 21.3 Å². The van der Waals surface area contributed by atoms with Gasteiger partial charge in [0.1, 0.15) is 17.7 Å². The normalized spacial score (nSPS) is 18.9. The summed E-state index contributed by atoms with van der Waals surface area (Å²) in [4.78, 5) is 4.98. The van der Waals surface area contributed by atoms with Crippen LogP contribution in [0.4, 0.5) is 0 Å². The molecular weight excluding hydrogens is 452 g/mol. The van der Waals surface area contributed by atoms with Crippen LogP contribution in [-0.2, 0) is 0 Å². The molecule has 1 aliphatic rings. The van der Waals surface area contributed by atoms with Crippen molar-refractivity contribution in [3.8, 4) is 11.5 Å². The number of halogens is 2. The molecule has 0 fully saturated rings. The molecular formula is C23H20BrClN2O2. The molecule has 29 heavy (non-hydrogen) atoms. The van der Waals surface area contributed by atoms with E-state index in [1.807, 2.05) is 54.6 Å². The first kappa shape index (κ1) is 20.0. The van der Waals surface area contributed by atoms with Gasteiger partial charge in [0.05, 0.1) is 7.11 Å². The Balaban J connectivity index is 1.77. The number of aromatic hydroxyl groups is 1. The molecule has 0 aromatic heterocycles. The number of nitrogens with zero attached hydrogens (tertiary/aromatic N) is 1. The second-order valence-corrected chi connectivity index (χ2v) is 8.24. The van der Waals surface area contributed by atoms with Crippen molar-refractivity contribution in [3.05, 3.63) is 92.9 Å². The molecule has 1 heterocycles. The molecule has 3 aromatic rings. The van der Waals surface area contributed by atoms with Crippen molar-refractivity contribution in [2.24, 2.45) is 4.99 Å². The minimum atomic E-state index is -0.249. The van der Waals surface area contributed by atoms with E-state index in [1.165, 1.54) is 0 Å². The van der Waals surface area contributed by atoms with Gasteiger partial charge in [-0.2, -0.15) is 0 Å². The summed E-state index contributed by atoms with van der Waals surface area (Å²) in [6.45, 7) is 0. The van der Waals surface area contributed by atoms with Crippen molar-refractivity contribution < 1.29 is 9.84 Å². The maximum atomic E-state index is 10.5. The van der Waals surface area contributed by atoms with E-state index in [0.29, 0.717) is 11.4 Å². The number of hydrogen-bond acceptors (Lipinski definition) is 4. The Morgan fingerprint density at radius 2 is 1.90 bits per heavy atom. The number of ether oxygens (including phenoxy) is 1. The molecule has 1 aliphatic heterocycles. The summed E-state index contributed by atoms with van der Waals surface area (Å²) in [6.07, 6.45) is 0.370. The Morgan fingerprint density at radius 1 is 1.10 bits per heavy atom. The molecule has 148 valence electrons. The van der Waals surface area contributed by atoms with Crippen LogP contribution in [0.2, 0.25) is 5.02 Å². The van der Waals surface area contributed by atoms with Gasteiger partial charge in [-0.05, 0) is 53.6 Å². The number of nitrogens with one attached hydrogen (secondary N) is 1. The summed E-state index contributed by atoms with van der Waals surface area (Å²) in [7, 11) is 1.65. The van der Waals surface area contributed by atoms with Crippen molar-refractivity contribution >= 4 is 33.2 Å². The molecule has 2 atom stereocenters. The highest BCUT2D eigenvalue weighted by atomic mass is 79.9. The Bertz CT molecular complexity index is 1050. The van der Waals surface area contributed by atoms with E-state index in [1.54, 1.807) is 19.2 Å². The number of benzene rings is 3. The smallest absolute Gasteiger partial charge is 0.126 e. The summed E-state index contributed by atoms with van der Waals surface area (Å²) in [5.74, 6) is 0.999. The van der Waals surface area contributed by atoms with Crippen LogP contribution >= 0.6 is 27.5 Å². The van der Waals surface area contributed by atoms with Gasteiger partial charge in [-0.15, -0.1) is 0 Å². The van der Waals surface area contributed by atoms with E-state index in [-0.39, 0.29) is 18.0 Å². The first-order valence-electron chi connectivity index (χ1n) is 9.24. The molecule has 0 spiro atoms. The predicted octanol–water partition coefficient (Wildman–Crippen LogP) is 6.04. The van der Waals surface area contributed by atoms with Crippen molar-refractivity contribution in [2.75, 3.05) is 7.11 Å². The van der Waals surface area contributed by atoms with Gasteiger partial charge in [-0.3, -0.25) is 10.3 Å². The molecule has 0 radical (unpaired) electrons. The first-order valence-corrected chi connectivity index (χ1v) is 10.4. The quantitative estimate of drug-likeness (QED) is 0.488. The molecule has 2 N–H and O–H groups in total. The van der Waals surface area contributed by atoms with Crippen molar-refractivity contribution in [1.29, 1.82) is 0 Å². The maximum absolute atomic E-state index is 10.5. The van der Waals surface area contributed by atoms with Gasteiger partial charge >= 0.3 is 0 Å². The van der Waals surface area contributed by atoms with Crippen LogP contribution in [0.5, 0.6) is 11.5 Å². The Kier molecular flexibility index (Phi) is 5.90. The van der Waals surface area contributed by atoms with Crippen LogP contribution in [-0.4, -0.2) is 17.9 Å². The van der Waals surface area contributed by atoms with Gasteiger partial charge in [0.15, 0.2) is 0 Å². The standard InChI is InChI=1S/C23H20BrClN2O2/c1-29-18-4-2-3-15(11-18)20-13-21(19-12-17(25)9-10-22(19)28)27-23(26-20)14-5-7-16(24)8-6-14/h2-12,21,23,27-28H,13H2,1H3/t21-,23+/m0/s1. The fourth-order valence-electron chi connectivity index (χ4n) is 3.50. The third kappa shape index (κ3) is 4.47. The van der Waals surface area contributed by atoms with E-state index in [9.17, 15) is 5.11 Å². The number of methoxy groups -OCH3 is 1. The lowest BCUT2D eigenvalue weighted by atomic mass is 9.93. The molecule has 0 unspecified atom stereocenters. The van der Waals surface area contributed by atoms with Gasteiger partial charge in [0.2, 0.25) is 0 Å². The fraction of sp³-hybridized carbons (Fsp3) is 0.174. The Hall–Kier alpha value is -2.34. The second-order valence-electron chi connectivity index (χ2n) is 6.89. The number of hydrogen-bond donors (Lipinski definition) is 2. The Morgan fingerprint density at radius 3 is 2.66 bits per heavy atom. The van der Waals surface area contributed by atoms with E-state index < -0.39 is 0 Å². The molecule has 4 nitrogen and oxygen atoms in total. The van der Waals surface area contributed by atoms with Crippen LogP contribution in [0.1, 0.15) is 35.3 Å². The second kappa shape index (κ2) is 8.57. The lowest BCUT2D eigenvalue weighted by Crippen LogP contribution is -2.33. The van der Waals surface area contributed by atoms with Gasteiger partial charge in [0, 0.05) is 33.2 Å². The van der Waals surface area contributed by atoms with Gasteiger partial charge in [-0.1, -0.05) is 51.8 Å². The molecule has 6 heteroatoms. The monoisotopic (exact) mass is 470 g/mol. The zero-order valence-electron chi connectivity index (χ0n) is 15.8.